The van der Waals surface area contributed by atoms with Crippen LogP contribution in [-0.4, -0.2) is 28.3 Å². The number of aliphatic carboxylic acids is 1. The van der Waals surface area contributed by atoms with Crippen LogP contribution in [0.25, 0.3) is 0 Å². The van der Waals surface area contributed by atoms with Crippen LogP contribution in [0.5, 0.6) is 0 Å². The molecule has 0 fully saturated rings. The topological polar surface area (TPSA) is 83.8 Å². The molecule has 0 saturated carbocycles. The van der Waals surface area contributed by atoms with Crippen LogP contribution in [0.2, 0.25) is 0 Å². The van der Waals surface area contributed by atoms with E-state index < -0.39 is 24.5 Å². The first kappa shape index (κ1) is 12.2. The maximum absolute atomic E-state index is 11.1. The molecule has 1 aromatic carbocycles. The molecule has 0 bridgehead atoms. The standard InChI is InChI=1S/C11H12O5/c12-9(6-10(13)14)11(15)16-7-8-4-2-1-3-5-8/h1-5,9,12H,6-7H2,(H,13,14)/t9-/m0/s1. The van der Waals surface area contributed by atoms with Crippen molar-refractivity contribution in [2.45, 2.75) is 19.1 Å². The average Bonchev–Trinajstić information content (AvgIpc) is 2.26. The van der Waals surface area contributed by atoms with Gasteiger partial charge in [0.1, 0.15) is 6.61 Å². The van der Waals surface area contributed by atoms with Gasteiger partial charge >= 0.3 is 11.9 Å². The Morgan fingerprint density at radius 3 is 2.44 bits per heavy atom. The van der Waals surface area contributed by atoms with Crippen molar-refractivity contribution in [1.29, 1.82) is 0 Å². The Labute approximate surface area is 92.3 Å². The number of carboxylic acid groups (broad SMARTS) is 1. The van der Waals surface area contributed by atoms with Crippen LogP contribution in [0, 0.1) is 0 Å². The van der Waals surface area contributed by atoms with Gasteiger partial charge < -0.3 is 14.9 Å². The largest absolute Gasteiger partial charge is 0.481 e. The summed E-state index contributed by atoms with van der Waals surface area (Å²) < 4.78 is 4.74. The van der Waals surface area contributed by atoms with E-state index in [1.807, 2.05) is 6.07 Å². The quantitative estimate of drug-likeness (QED) is 0.714. The predicted octanol–water partition coefficient (Wildman–Crippen LogP) is 0.565. The zero-order chi connectivity index (χ0) is 12.0. The minimum Gasteiger partial charge on any atom is -0.481 e. The molecule has 16 heavy (non-hydrogen) atoms. The Bertz CT molecular complexity index is 360. The number of hydrogen-bond acceptors (Lipinski definition) is 4. The highest BCUT2D eigenvalue weighted by Gasteiger charge is 2.19. The highest BCUT2D eigenvalue weighted by atomic mass is 16.5. The Kier molecular flexibility index (Phi) is 4.47. The molecule has 1 atom stereocenters. The van der Waals surface area contributed by atoms with Crippen LogP contribution in [-0.2, 0) is 20.9 Å². The van der Waals surface area contributed by atoms with Gasteiger partial charge in [0.25, 0.3) is 0 Å². The Balaban J connectivity index is 2.38. The average molecular weight is 224 g/mol. The summed E-state index contributed by atoms with van der Waals surface area (Å²) in [4.78, 5) is 21.3. The van der Waals surface area contributed by atoms with Crippen molar-refractivity contribution in [1.82, 2.24) is 0 Å². The highest BCUT2D eigenvalue weighted by Crippen LogP contribution is 2.03. The summed E-state index contributed by atoms with van der Waals surface area (Å²) in [5.74, 6) is -2.17. The molecule has 0 radical (unpaired) electrons. The predicted molar refractivity (Wildman–Crippen MR) is 54.5 cm³/mol. The van der Waals surface area contributed by atoms with E-state index in [0.717, 1.165) is 5.56 Å². The van der Waals surface area contributed by atoms with E-state index in [1.165, 1.54) is 0 Å². The van der Waals surface area contributed by atoms with Gasteiger partial charge in [0.05, 0.1) is 6.42 Å². The Morgan fingerprint density at radius 2 is 1.88 bits per heavy atom. The molecule has 5 heteroatoms. The van der Waals surface area contributed by atoms with Gasteiger partial charge in [0, 0.05) is 0 Å². The zero-order valence-corrected chi connectivity index (χ0v) is 8.50. The van der Waals surface area contributed by atoms with Crippen molar-refractivity contribution in [3.8, 4) is 0 Å². The summed E-state index contributed by atoms with van der Waals surface area (Å²) in [6.07, 6.45) is -2.26. The molecule has 0 aliphatic carbocycles. The van der Waals surface area contributed by atoms with E-state index in [4.69, 9.17) is 14.9 Å². The maximum atomic E-state index is 11.1. The van der Waals surface area contributed by atoms with Crippen LogP contribution in [0.4, 0.5) is 0 Å². The normalized spacial score (nSPS) is 11.8. The maximum Gasteiger partial charge on any atom is 0.335 e. The summed E-state index contributed by atoms with van der Waals surface area (Å²) in [6, 6.07) is 8.92. The lowest BCUT2D eigenvalue weighted by Gasteiger charge is -2.08. The number of benzene rings is 1. The Morgan fingerprint density at radius 1 is 1.25 bits per heavy atom. The molecular weight excluding hydrogens is 212 g/mol. The minimum absolute atomic E-state index is 0.0242. The molecule has 0 aliphatic heterocycles. The minimum atomic E-state index is -1.61. The molecule has 1 aromatic rings. The van der Waals surface area contributed by atoms with E-state index >= 15 is 0 Å². The van der Waals surface area contributed by atoms with Crippen LogP contribution in [0.1, 0.15) is 12.0 Å². The lowest BCUT2D eigenvalue weighted by atomic mass is 10.2. The third-order valence-electron chi connectivity index (χ3n) is 1.86. The summed E-state index contributed by atoms with van der Waals surface area (Å²) in [5.41, 5.74) is 0.776. The van der Waals surface area contributed by atoms with Crippen LogP contribution in [0.3, 0.4) is 0 Å². The summed E-state index contributed by atoms with van der Waals surface area (Å²) in [5, 5.41) is 17.5. The number of rotatable bonds is 5. The second kappa shape index (κ2) is 5.87. The van der Waals surface area contributed by atoms with Gasteiger partial charge in [-0.2, -0.15) is 0 Å². The van der Waals surface area contributed by atoms with Crippen LogP contribution < -0.4 is 0 Å². The van der Waals surface area contributed by atoms with Gasteiger partial charge in [0.2, 0.25) is 0 Å². The molecule has 0 amide bonds. The highest BCUT2D eigenvalue weighted by molar-refractivity contribution is 5.80. The number of carbonyl (C=O) groups excluding carboxylic acids is 1. The fraction of sp³-hybridized carbons (Fsp3) is 0.273. The number of esters is 1. The van der Waals surface area contributed by atoms with Crippen LogP contribution >= 0.6 is 0 Å². The molecule has 0 aliphatic rings. The van der Waals surface area contributed by atoms with Crippen molar-refractivity contribution in [2.24, 2.45) is 0 Å². The van der Waals surface area contributed by atoms with E-state index in [9.17, 15) is 9.59 Å². The van der Waals surface area contributed by atoms with Crippen molar-refractivity contribution in [3.05, 3.63) is 35.9 Å². The number of ether oxygens (including phenoxy) is 1. The van der Waals surface area contributed by atoms with Crippen molar-refractivity contribution in [2.75, 3.05) is 0 Å². The first-order chi connectivity index (χ1) is 7.59. The number of aliphatic hydroxyl groups is 1. The van der Waals surface area contributed by atoms with Crippen LogP contribution in [0.15, 0.2) is 30.3 Å². The molecule has 2 N–H and O–H groups in total. The van der Waals surface area contributed by atoms with Crippen molar-refractivity contribution < 1.29 is 24.5 Å². The second-order valence-corrected chi connectivity index (χ2v) is 3.21. The molecule has 86 valence electrons. The molecule has 0 saturated heterocycles. The zero-order valence-electron chi connectivity index (χ0n) is 8.50. The lowest BCUT2D eigenvalue weighted by Crippen LogP contribution is -2.25. The first-order valence-corrected chi connectivity index (χ1v) is 4.70. The fourth-order valence-electron chi connectivity index (χ4n) is 1.07. The van der Waals surface area contributed by atoms with Gasteiger partial charge in [-0.1, -0.05) is 30.3 Å². The molecule has 0 spiro atoms. The first-order valence-electron chi connectivity index (χ1n) is 4.70. The molecule has 0 heterocycles. The number of carboxylic acids is 1. The molecule has 0 aromatic heterocycles. The number of hydrogen-bond donors (Lipinski definition) is 2. The van der Waals surface area contributed by atoms with Gasteiger partial charge in [-0.25, -0.2) is 4.79 Å². The van der Waals surface area contributed by atoms with Gasteiger partial charge in [-0.05, 0) is 5.56 Å². The number of carbonyl (C=O) groups is 2. The van der Waals surface area contributed by atoms with E-state index in [-0.39, 0.29) is 6.61 Å². The second-order valence-electron chi connectivity index (χ2n) is 3.21. The third-order valence-corrected chi connectivity index (χ3v) is 1.86. The SMILES string of the molecule is O=C(O)C[C@H](O)C(=O)OCc1ccccc1. The van der Waals surface area contributed by atoms with E-state index in [0.29, 0.717) is 0 Å². The summed E-state index contributed by atoms with van der Waals surface area (Å²) >= 11 is 0. The molecule has 1 rings (SSSR count). The summed E-state index contributed by atoms with van der Waals surface area (Å²) in [6.45, 7) is 0.0242. The molecular formula is C11H12O5. The van der Waals surface area contributed by atoms with E-state index in [2.05, 4.69) is 0 Å². The molecule has 0 unspecified atom stereocenters. The monoisotopic (exact) mass is 224 g/mol. The number of aliphatic hydroxyl groups excluding tert-OH is 1. The van der Waals surface area contributed by atoms with Gasteiger partial charge in [-0.3, -0.25) is 4.79 Å². The van der Waals surface area contributed by atoms with Crippen molar-refractivity contribution in [3.63, 3.8) is 0 Å². The van der Waals surface area contributed by atoms with E-state index in [1.54, 1.807) is 24.3 Å². The lowest BCUT2D eigenvalue weighted by molar-refractivity contribution is -0.159. The third kappa shape index (κ3) is 4.10. The van der Waals surface area contributed by atoms with Gasteiger partial charge in [0.15, 0.2) is 6.10 Å². The summed E-state index contributed by atoms with van der Waals surface area (Å²) in [7, 11) is 0. The Hall–Kier alpha value is -1.88. The molecule has 5 nitrogen and oxygen atoms in total. The van der Waals surface area contributed by atoms with Gasteiger partial charge in [-0.15, -0.1) is 0 Å². The van der Waals surface area contributed by atoms with Crippen molar-refractivity contribution >= 4 is 11.9 Å². The smallest absolute Gasteiger partial charge is 0.335 e. The fourth-order valence-corrected chi connectivity index (χ4v) is 1.07.